The summed E-state index contributed by atoms with van der Waals surface area (Å²) in [5.41, 5.74) is 0. The van der Waals surface area contributed by atoms with Crippen molar-refractivity contribution < 1.29 is 4.79 Å². The first-order valence-electron chi connectivity index (χ1n) is 8.15. The van der Waals surface area contributed by atoms with E-state index in [0.717, 1.165) is 19.0 Å². The van der Waals surface area contributed by atoms with Crippen molar-refractivity contribution >= 4 is 5.91 Å². The highest BCUT2D eigenvalue weighted by Gasteiger charge is 2.24. The second kappa shape index (κ2) is 7.28. The molecule has 1 amide bonds. The van der Waals surface area contributed by atoms with E-state index in [4.69, 9.17) is 0 Å². The minimum absolute atomic E-state index is 0.350. The minimum atomic E-state index is 0.350. The van der Waals surface area contributed by atoms with Crippen molar-refractivity contribution in [2.75, 3.05) is 26.7 Å². The number of hydrogen-bond acceptors (Lipinski definition) is 2. The zero-order chi connectivity index (χ0) is 13.7. The van der Waals surface area contributed by atoms with Crippen molar-refractivity contribution in [2.45, 2.75) is 64.3 Å². The van der Waals surface area contributed by atoms with E-state index in [2.05, 4.69) is 23.8 Å². The Hall–Kier alpha value is -0.570. The summed E-state index contributed by atoms with van der Waals surface area (Å²) >= 11 is 0. The fraction of sp³-hybridized carbons (Fsp3) is 0.938. The third-order valence-electron chi connectivity index (χ3n) is 4.95. The van der Waals surface area contributed by atoms with E-state index in [1.807, 2.05) is 0 Å². The van der Waals surface area contributed by atoms with Gasteiger partial charge in [0.25, 0.3) is 0 Å². The molecule has 0 spiro atoms. The number of rotatable bonds is 3. The quantitative estimate of drug-likeness (QED) is 0.784. The average Bonchev–Trinajstić information content (AvgIpc) is 2.68. The molecule has 1 heterocycles. The molecule has 1 aliphatic heterocycles. The molecular formula is C16H30N2O. The molecule has 3 nitrogen and oxygen atoms in total. The second-order valence-electron chi connectivity index (χ2n) is 6.62. The molecule has 0 bridgehead atoms. The third-order valence-corrected chi connectivity index (χ3v) is 4.95. The maximum absolute atomic E-state index is 12.4. The van der Waals surface area contributed by atoms with Crippen LogP contribution in [0.1, 0.15) is 58.3 Å². The van der Waals surface area contributed by atoms with Crippen LogP contribution in [0.5, 0.6) is 0 Å². The smallest absolute Gasteiger partial charge is 0.236 e. The number of nitrogens with zero attached hydrogens (tertiary/aromatic N) is 2. The van der Waals surface area contributed by atoms with E-state index < -0.39 is 0 Å². The summed E-state index contributed by atoms with van der Waals surface area (Å²) < 4.78 is 0. The number of hydrogen-bond donors (Lipinski definition) is 0. The summed E-state index contributed by atoms with van der Waals surface area (Å²) in [6.07, 6.45) is 10.2. The first-order chi connectivity index (χ1) is 9.16. The van der Waals surface area contributed by atoms with Crippen LogP contribution in [0.25, 0.3) is 0 Å². The standard InChI is InChI=1S/C16H30N2O/c1-14-7-9-15(10-8-14)17(2)13-16(19)18-11-5-3-4-6-12-18/h14-15H,3-13H2,1-2H3. The summed E-state index contributed by atoms with van der Waals surface area (Å²) in [7, 11) is 2.14. The maximum Gasteiger partial charge on any atom is 0.236 e. The van der Waals surface area contributed by atoms with E-state index in [1.54, 1.807) is 0 Å². The molecule has 0 aromatic heterocycles. The zero-order valence-electron chi connectivity index (χ0n) is 12.7. The lowest BCUT2D eigenvalue weighted by Crippen LogP contribution is -2.44. The van der Waals surface area contributed by atoms with Gasteiger partial charge >= 0.3 is 0 Å². The molecular weight excluding hydrogens is 236 g/mol. The molecule has 0 atom stereocenters. The number of carbonyl (C=O) groups is 1. The fourth-order valence-corrected chi connectivity index (χ4v) is 3.45. The highest BCUT2D eigenvalue weighted by atomic mass is 16.2. The lowest BCUT2D eigenvalue weighted by molar-refractivity contribution is -0.132. The Bertz CT molecular complexity index is 276. The van der Waals surface area contributed by atoms with Crippen LogP contribution < -0.4 is 0 Å². The lowest BCUT2D eigenvalue weighted by atomic mass is 9.87. The van der Waals surface area contributed by atoms with Crippen LogP contribution in [0, 0.1) is 5.92 Å². The lowest BCUT2D eigenvalue weighted by Gasteiger charge is -2.34. The summed E-state index contributed by atoms with van der Waals surface area (Å²) in [6, 6.07) is 0.632. The van der Waals surface area contributed by atoms with Gasteiger partial charge in [-0.25, -0.2) is 0 Å². The van der Waals surface area contributed by atoms with Gasteiger partial charge in [0.15, 0.2) is 0 Å². The number of carbonyl (C=O) groups excluding carboxylic acids is 1. The van der Waals surface area contributed by atoms with Gasteiger partial charge in [-0.15, -0.1) is 0 Å². The van der Waals surface area contributed by atoms with E-state index in [0.29, 0.717) is 18.5 Å². The Balaban J connectivity index is 1.77. The van der Waals surface area contributed by atoms with Crippen LogP contribution in [0.4, 0.5) is 0 Å². The molecule has 3 heteroatoms. The van der Waals surface area contributed by atoms with Crippen LogP contribution in [0.15, 0.2) is 0 Å². The molecule has 2 rings (SSSR count). The van der Waals surface area contributed by atoms with E-state index in [9.17, 15) is 4.79 Å². The van der Waals surface area contributed by atoms with Crippen LogP contribution >= 0.6 is 0 Å². The summed E-state index contributed by atoms with van der Waals surface area (Å²) in [5, 5.41) is 0. The molecule has 0 radical (unpaired) electrons. The molecule has 0 unspecified atom stereocenters. The first kappa shape index (κ1) is 14.8. The van der Waals surface area contributed by atoms with Crippen LogP contribution in [-0.2, 0) is 4.79 Å². The first-order valence-corrected chi connectivity index (χ1v) is 8.15. The summed E-state index contributed by atoms with van der Waals surface area (Å²) in [6.45, 7) is 4.93. The molecule has 110 valence electrons. The predicted molar refractivity (Wildman–Crippen MR) is 79.1 cm³/mol. The molecule has 0 aromatic rings. The highest BCUT2D eigenvalue weighted by molar-refractivity contribution is 5.78. The molecule has 0 N–H and O–H groups in total. The van der Waals surface area contributed by atoms with Gasteiger partial charge in [0.05, 0.1) is 6.54 Å². The van der Waals surface area contributed by atoms with Crippen molar-refractivity contribution in [1.29, 1.82) is 0 Å². The summed E-state index contributed by atoms with van der Waals surface area (Å²) in [4.78, 5) is 16.7. The minimum Gasteiger partial charge on any atom is -0.342 e. The molecule has 2 fully saturated rings. The van der Waals surface area contributed by atoms with Gasteiger partial charge < -0.3 is 4.90 Å². The SMILES string of the molecule is CC1CCC(N(C)CC(=O)N2CCCCCC2)CC1. The second-order valence-corrected chi connectivity index (χ2v) is 6.62. The van der Waals surface area contributed by atoms with Crippen molar-refractivity contribution in [1.82, 2.24) is 9.80 Å². The van der Waals surface area contributed by atoms with Gasteiger partial charge in [0, 0.05) is 19.1 Å². The monoisotopic (exact) mass is 266 g/mol. The maximum atomic E-state index is 12.4. The van der Waals surface area contributed by atoms with Crippen molar-refractivity contribution in [3.8, 4) is 0 Å². The molecule has 2 aliphatic rings. The largest absolute Gasteiger partial charge is 0.342 e. The van der Waals surface area contributed by atoms with Gasteiger partial charge in [-0.3, -0.25) is 9.69 Å². The van der Waals surface area contributed by atoms with Gasteiger partial charge in [-0.1, -0.05) is 19.8 Å². The van der Waals surface area contributed by atoms with E-state index in [-0.39, 0.29) is 0 Å². The highest BCUT2D eigenvalue weighted by Crippen LogP contribution is 2.26. The third kappa shape index (κ3) is 4.48. The molecule has 19 heavy (non-hydrogen) atoms. The number of likely N-dealkylation sites (tertiary alicyclic amines) is 1. The molecule has 1 saturated heterocycles. The normalized spacial score (nSPS) is 29.3. The van der Waals surface area contributed by atoms with Gasteiger partial charge in [-0.2, -0.15) is 0 Å². The van der Waals surface area contributed by atoms with Gasteiger partial charge in [0.1, 0.15) is 0 Å². The molecule has 0 aromatic carbocycles. The Labute approximate surface area is 118 Å². The predicted octanol–water partition coefficient (Wildman–Crippen LogP) is 2.90. The Morgan fingerprint density at radius 3 is 2.21 bits per heavy atom. The van der Waals surface area contributed by atoms with E-state index >= 15 is 0 Å². The van der Waals surface area contributed by atoms with Crippen molar-refractivity contribution in [3.63, 3.8) is 0 Å². The topological polar surface area (TPSA) is 23.6 Å². The van der Waals surface area contributed by atoms with E-state index in [1.165, 1.54) is 51.4 Å². The van der Waals surface area contributed by atoms with Crippen LogP contribution in [0.2, 0.25) is 0 Å². The Kier molecular flexibility index (Phi) is 5.68. The summed E-state index contributed by atoms with van der Waals surface area (Å²) in [5.74, 6) is 1.23. The van der Waals surface area contributed by atoms with Gasteiger partial charge in [0.2, 0.25) is 5.91 Å². The number of likely N-dealkylation sites (N-methyl/N-ethyl adjacent to an activating group) is 1. The number of amides is 1. The van der Waals surface area contributed by atoms with Crippen molar-refractivity contribution in [2.24, 2.45) is 5.92 Å². The fourth-order valence-electron chi connectivity index (χ4n) is 3.45. The Morgan fingerprint density at radius 1 is 1.05 bits per heavy atom. The van der Waals surface area contributed by atoms with Crippen LogP contribution in [-0.4, -0.2) is 48.4 Å². The average molecular weight is 266 g/mol. The molecule has 1 saturated carbocycles. The van der Waals surface area contributed by atoms with Crippen molar-refractivity contribution in [3.05, 3.63) is 0 Å². The van der Waals surface area contributed by atoms with Crippen LogP contribution in [0.3, 0.4) is 0 Å². The van der Waals surface area contributed by atoms with Gasteiger partial charge in [-0.05, 0) is 51.5 Å². The molecule has 1 aliphatic carbocycles. The Morgan fingerprint density at radius 2 is 1.63 bits per heavy atom. The zero-order valence-corrected chi connectivity index (χ0v) is 12.7.